The molecule has 0 radical (unpaired) electrons. The molecule has 0 spiro atoms. The summed E-state index contributed by atoms with van der Waals surface area (Å²) in [6, 6.07) is 13.9. The first-order valence-electron chi connectivity index (χ1n) is 13.4. The first-order valence-corrected chi connectivity index (χ1v) is 13.4. The maximum absolute atomic E-state index is 12.9. The second kappa shape index (κ2) is 11.7. The molecular formula is C29H39N7O2. The molecule has 202 valence electrons. The Hall–Kier alpha value is -3.88. The van der Waals surface area contributed by atoms with Gasteiger partial charge in [-0.05, 0) is 61.8 Å². The smallest absolute Gasteiger partial charge is 0.408 e. The quantitative estimate of drug-likeness (QED) is 0.168. The number of aryl methyl sites for hydroxylation is 2. The third-order valence-corrected chi connectivity index (χ3v) is 8.00. The van der Waals surface area contributed by atoms with Gasteiger partial charge in [-0.2, -0.15) is 0 Å². The predicted octanol–water partition coefficient (Wildman–Crippen LogP) is 5.26. The van der Waals surface area contributed by atoms with Gasteiger partial charge in [-0.15, -0.1) is 0 Å². The number of benzene rings is 2. The molecular weight excluding hydrogens is 478 g/mol. The summed E-state index contributed by atoms with van der Waals surface area (Å²) >= 11 is 0. The number of carbonyl (C=O) groups is 1. The molecule has 4 rings (SSSR count). The van der Waals surface area contributed by atoms with Crippen LogP contribution >= 0.6 is 0 Å². The van der Waals surface area contributed by atoms with E-state index in [0.29, 0.717) is 12.0 Å². The fourth-order valence-corrected chi connectivity index (χ4v) is 6.15. The molecule has 1 aliphatic carbocycles. The van der Waals surface area contributed by atoms with E-state index in [2.05, 4.69) is 16.0 Å². The number of H-pyrrole nitrogens is 1. The minimum Gasteiger partial charge on any atom is -0.465 e. The Kier molecular flexibility index (Phi) is 8.34. The van der Waals surface area contributed by atoms with Gasteiger partial charge < -0.3 is 21.6 Å². The van der Waals surface area contributed by atoms with Gasteiger partial charge in [-0.1, -0.05) is 56.0 Å². The summed E-state index contributed by atoms with van der Waals surface area (Å²) in [4.78, 5) is 22.4. The van der Waals surface area contributed by atoms with Gasteiger partial charge in [0.15, 0.2) is 0 Å². The van der Waals surface area contributed by atoms with Crippen molar-refractivity contribution < 1.29 is 9.90 Å². The number of aromatic nitrogens is 2. The van der Waals surface area contributed by atoms with Crippen LogP contribution in [0, 0.1) is 23.7 Å². The van der Waals surface area contributed by atoms with Crippen molar-refractivity contribution >= 4 is 28.8 Å². The van der Waals surface area contributed by atoms with Crippen molar-refractivity contribution in [2.24, 2.45) is 17.4 Å². The van der Waals surface area contributed by atoms with Crippen LogP contribution in [0.1, 0.15) is 73.9 Å². The van der Waals surface area contributed by atoms with Gasteiger partial charge in [0.1, 0.15) is 11.7 Å². The minimum atomic E-state index is -0.983. The van der Waals surface area contributed by atoms with Crippen LogP contribution in [0.2, 0.25) is 0 Å². The molecule has 0 saturated heterocycles. The Balaban J connectivity index is 1.80. The third kappa shape index (κ3) is 5.82. The normalized spacial score (nSPS) is 20.0. The minimum absolute atomic E-state index is 0.0148. The van der Waals surface area contributed by atoms with Crippen molar-refractivity contribution in [3.63, 3.8) is 0 Å². The molecule has 1 aromatic heterocycles. The lowest BCUT2D eigenvalue weighted by Crippen LogP contribution is -2.55. The zero-order valence-corrected chi connectivity index (χ0v) is 22.1. The van der Waals surface area contributed by atoms with Gasteiger partial charge in [0.2, 0.25) is 0 Å². The van der Waals surface area contributed by atoms with Crippen molar-refractivity contribution in [1.29, 1.82) is 10.8 Å². The van der Waals surface area contributed by atoms with Crippen molar-refractivity contribution in [1.82, 2.24) is 14.9 Å². The highest BCUT2D eigenvalue weighted by Gasteiger charge is 2.47. The number of imidazole rings is 1. The molecule has 1 amide bonds. The molecule has 1 saturated carbocycles. The molecule has 8 N–H and O–H groups in total. The van der Waals surface area contributed by atoms with E-state index in [-0.39, 0.29) is 30.6 Å². The molecule has 1 fully saturated rings. The highest BCUT2D eigenvalue weighted by Crippen LogP contribution is 2.47. The molecule has 0 aliphatic heterocycles. The standard InChI is InChI=1S/C29H39N7O2/c1-19-34-24-14-13-23(18-25(24)35-19)29(36(28(37)38)17-15-26(30)31)16-5-3-2-4-6-22(29)12-9-20-7-10-21(11-8-20)27(32)33/h7-8,10-11,13-14,18,22H,2-6,9,12,15-17H2,1H3,(H3,30,31)(H3,32,33)(H,34,35)(H,37,38). The summed E-state index contributed by atoms with van der Waals surface area (Å²) in [6.45, 7) is 2.09. The van der Waals surface area contributed by atoms with Crippen LogP contribution < -0.4 is 11.5 Å². The second-order valence-corrected chi connectivity index (χ2v) is 10.5. The third-order valence-electron chi connectivity index (χ3n) is 8.00. The van der Waals surface area contributed by atoms with Gasteiger partial charge in [0.25, 0.3) is 0 Å². The van der Waals surface area contributed by atoms with Gasteiger partial charge in [0, 0.05) is 18.5 Å². The Labute approximate surface area is 223 Å². The van der Waals surface area contributed by atoms with Gasteiger partial charge in [-0.25, -0.2) is 9.78 Å². The molecule has 3 aromatic rings. The largest absolute Gasteiger partial charge is 0.465 e. The van der Waals surface area contributed by atoms with Gasteiger partial charge in [0.05, 0.1) is 22.4 Å². The summed E-state index contributed by atoms with van der Waals surface area (Å²) in [7, 11) is 0. The maximum atomic E-state index is 12.9. The van der Waals surface area contributed by atoms with Crippen LogP contribution in [-0.4, -0.2) is 44.3 Å². The van der Waals surface area contributed by atoms with Crippen molar-refractivity contribution in [2.75, 3.05) is 6.54 Å². The number of nitrogens with zero attached hydrogens (tertiary/aromatic N) is 2. The number of aromatic amines is 1. The molecule has 1 heterocycles. The number of rotatable bonds is 9. The fourth-order valence-electron chi connectivity index (χ4n) is 6.15. The van der Waals surface area contributed by atoms with Crippen molar-refractivity contribution in [3.05, 3.63) is 65.0 Å². The SMILES string of the molecule is Cc1nc2ccc(C3(N(CCC(=N)N)C(=O)O)CCCCCCC3CCc3ccc(C(=N)N)cc3)cc2[nH]1. The highest BCUT2D eigenvalue weighted by molar-refractivity contribution is 5.94. The number of fused-ring (bicyclic) bond motifs is 1. The number of nitrogens with one attached hydrogen (secondary N) is 3. The summed E-state index contributed by atoms with van der Waals surface area (Å²) in [5.74, 6) is 0.919. The first-order chi connectivity index (χ1) is 18.2. The number of amides is 1. The number of nitrogens with two attached hydrogens (primary N) is 2. The average molecular weight is 518 g/mol. The van der Waals surface area contributed by atoms with Crippen molar-refractivity contribution in [2.45, 2.75) is 70.3 Å². The van der Waals surface area contributed by atoms with E-state index in [4.69, 9.17) is 22.3 Å². The van der Waals surface area contributed by atoms with Crippen LogP contribution in [0.3, 0.4) is 0 Å². The Morgan fingerprint density at radius 3 is 2.55 bits per heavy atom. The summed E-state index contributed by atoms with van der Waals surface area (Å²) in [5.41, 5.74) is 15.1. The zero-order chi connectivity index (χ0) is 27.3. The summed E-state index contributed by atoms with van der Waals surface area (Å²) < 4.78 is 0. The molecule has 2 aromatic carbocycles. The maximum Gasteiger partial charge on any atom is 0.408 e. The highest BCUT2D eigenvalue weighted by atomic mass is 16.4. The Bertz CT molecular complexity index is 1300. The lowest BCUT2D eigenvalue weighted by Gasteiger charge is -2.49. The van der Waals surface area contributed by atoms with E-state index in [1.165, 1.54) is 0 Å². The average Bonchev–Trinajstić information content (AvgIpc) is 3.24. The topological polar surface area (TPSA) is 169 Å². The molecule has 2 unspecified atom stereocenters. The first kappa shape index (κ1) is 27.2. The predicted molar refractivity (Wildman–Crippen MR) is 151 cm³/mol. The number of hydrogen-bond acceptors (Lipinski definition) is 4. The number of carboxylic acid groups (broad SMARTS) is 1. The molecule has 9 nitrogen and oxygen atoms in total. The van der Waals surface area contributed by atoms with Crippen LogP contribution in [-0.2, 0) is 12.0 Å². The summed E-state index contributed by atoms with van der Waals surface area (Å²) in [5, 5.41) is 26.1. The monoisotopic (exact) mass is 517 g/mol. The van der Waals surface area contributed by atoms with Crippen LogP contribution in [0.15, 0.2) is 42.5 Å². The van der Waals surface area contributed by atoms with E-state index < -0.39 is 11.6 Å². The van der Waals surface area contributed by atoms with E-state index in [1.54, 1.807) is 4.90 Å². The fraction of sp³-hybridized carbons (Fsp3) is 0.448. The number of nitrogen functional groups attached to an aromatic ring is 1. The van der Waals surface area contributed by atoms with Crippen LogP contribution in [0.4, 0.5) is 4.79 Å². The molecule has 0 bridgehead atoms. The van der Waals surface area contributed by atoms with E-state index in [9.17, 15) is 9.90 Å². The molecule has 38 heavy (non-hydrogen) atoms. The van der Waals surface area contributed by atoms with Crippen molar-refractivity contribution in [3.8, 4) is 0 Å². The summed E-state index contributed by atoms with van der Waals surface area (Å²) in [6.07, 6.45) is 6.60. The Morgan fingerprint density at radius 1 is 1.13 bits per heavy atom. The molecule has 1 aliphatic rings. The Morgan fingerprint density at radius 2 is 1.87 bits per heavy atom. The number of hydrogen-bond donors (Lipinski definition) is 6. The van der Waals surface area contributed by atoms with E-state index in [1.807, 2.05) is 43.3 Å². The van der Waals surface area contributed by atoms with Gasteiger partial charge >= 0.3 is 6.09 Å². The van der Waals surface area contributed by atoms with E-state index in [0.717, 1.165) is 72.9 Å². The lowest BCUT2D eigenvalue weighted by molar-refractivity contribution is 0.0131. The second-order valence-electron chi connectivity index (χ2n) is 10.5. The van der Waals surface area contributed by atoms with Gasteiger partial charge in [-0.3, -0.25) is 15.7 Å². The zero-order valence-electron chi connectivity index (χ0n) is 22.1. The molecule has 2 atom stereocenters. The van der Waals surface area contributed by atoms with E-state index >= 15 is 0 Å². The lowest BCUT2D eigenvalue weighted by atomic mass is 9.67. The van der Waals surface area contributed by atoms with Crippen LogP contribution in [0.5, 0.6) is 0 Å². The number of amidine groups is 2. The van der Waals surface area contributed by atoms with Crippen LogP contribution in [0.25, 0.3) is 11.0 Å². The molecule has 9 heteroatoms.